The van der Waals surface area contributed by atoms with Crippen LogP contribution in [0.4, 0.5) is 10.1 Å². The maximum atomic E-state index is 13.2. The van der Waals surface area contributed by atoms with E-state index in [1.54, 1.807) is 18.2 Å². The van der Waals surface area contributed by atoms with E-state index < -0.39 is 15.8 Å². The lowest BCUT2D eigenvalue weighted by molar-refractivity contribution is -0.116. The first kappa shape index (κ1) is 18.4. The maximum absolute atomic E-state index is 13.2. The molecule has 0 fully saturated rings. The first-order valence-electron chi connectivity index (χ1n) is 7.09. The fourth-order valence-corrected chi connectivity index (χ4v) is 3.31. The highest BCUT2D eigenvalue weighted by Crippen LogP contribution is 2.22. The quantitative estimate of drug-likeness (QED) is 0.850. The highest BCUT2D eigenvalue weighted by atomic mass is 35.5. The summed E-state index contributed by atoms with van der Waals surface area (Å²) >= 11 is 5.72. The predicted octanol–water partition coefficient (Wildman–Crippen LogP) is 2.81. The monoisotopic (exact) mass is 370 g/mol. The van der Waals surface area contributed by atoms with Crippen LogP contribution < -0.4 is 9.62 Å². The van der Waals surface area contributed by atoms with Crippen LogP contribution in [0.15, 0.2) is 53.4 Å². The molecule has 0 radical (unpaired) electrons. The van der Waals surface area contributed by atoms with Gasteiger partial charge < -0.3 is 4.90 Å². The van der Waals surface area contributed by atoms with E-state index in [-0.39, 0.29) is 28.9 Å². The molecular weight excluding hydrogens is 355 g/mol. The van der Waals surface area contributed by atoms with E-state index in [9.17, 15) is 17.6 Å². The normalized spacial score (nSPS) is 11.3. The number of hydrogen-bond acceptors (Lipinski definition) is 3. The zero-order chi connectivity index (χ0) is 17.7. The Bertz CT molecular complexity index is 828. The lowest BCUT2D eigenvalue weighted by atomic mass is 10.2. The molecule has 2 aromatic carbocycles. The highest BCUT2D eigenvalue weighted by molar-refractivity contribution is 7.89. The summed E-state index contributed by atoms with van der Waals surface area (Å²) in [5.41, 5.74) is 0.396. The van der Waals surface area contributed by atoms with Crippen LogP contribution in [0.2, 0.25) is 5.02 Å². The third-order valence-corrected chi connectivity index (χ3v) is 5.04. The third-order valence-electron chi connectivity index (χ3n) is 3.28. The molecule has 24 heavy (non-hydrogen) atoms. The van der Waals surface area contributed by atoms with E-state index in [4.69, 9.17) is 11.6 Å². The van der Waals surface area contributed by atoms with Gasteiger partial charge in [0.15, 0.2) is 0 Å². The van der Waals surface area contributed by atoms with Gasteiger partial charge in [-0.3, -0.25) is 4.79 Å². The van der Waals surface area contributed by atoms with Gasteiger partial charge in [-0.05, 0) is 30.3 Å². The van der Waals surface area contributed by atoms with Crippen LogP contribution >= 0.6 is 11.6 Å². The van der Waals surface area contributed by atoms with Gasteiger partial charge in [0.25, 0.3) is 0 Å². The summed E-state index contributed by atoms with van der Waals surface area (Å²) in [6.07, 6.45) is 0. The molecule has 0 saturated carbocycles. The molecular formula is C16H16ClFN2O3S. The second-order valence-electron chi connectivity index (χ2n) is 4.98. The van der Waals surface area contributed by atoms with Crippen molar-refractivity contribution in [1.82, 2.24) is 4.72 Å². The fourth-order valence-electron chi connectivity index (χ4n) is 2.10. The minimum absolute atomic E-state index is 0.00576. The summed E-state index contributed by atoms with van der Waals surface area (Å²) in [6, 6.07) is 11.8. The SMILES string of the molecule is CC(=O)N(CCNS(=O)(=O)c1ccccc1)c1ccc(F)c(Cl)c1. The van der Waals surface area contributed by atoms with Crippen molar-refractivity contribution >= 4 is 33.2 Å². The van der Waals surface area contributed by atoms with E-state index in [0.717, 1.165) is 6.07 Å². The fraction of sp³-hybridized carbons (Fsp3) is 0.188. The number of rotatable bonds is 6. The molecule has 0 heterocycles. The number of nitrogens with one attached hydrogen (secondary N) is 1. The lowest BCUT2D eigenvalue weighted by Crippen LogP contribution is -2.37. The Kier molecular flexibility index (Phi) is 5.93. The second kappa shape index (κ2) is 7.74. The van der Waals surface area contributed by atoms with Crippen molar-refractivity contribution in [2.75, 3.05) is 18.0 Å². The summed E-state index contributed by atoms with van der Waals surface area (Å²) in [5.74, 6) is -0.898. The number of benzene rings is 2. The Morgan fingerprint density at radius 3 is 2.46 bits per heavy atom. The first-order chi connectivity index (χ1) is 11.3. The van der Waals surface area contributed by atoms with Crippen LogP contribution in [0.1, 0.15) is 6.92 Å². The largest absolute Gasteiger partial charge is 0.311 e. The number of carbonyl (C=O) groups excluding carboxylic acids is 1. The number of anilines is 1. The number of halogens is 2. The molecule has 0 aliphatic heterocycles. The number of amides is 1. The molecule has 1 N–H and O–H groups in total. The molecule has 0 spiro atoms. The number of sulfonamides is 1. The molecule has 2 rings (SSSR count). The van der Waals surface area contributed by atoms with E-state index in [1.165, 1.54) is 36.1 Å². The van der Waals surface area contributed by atoms with Crippen molar-refractivity contribution in [3.8, 4) is 0 Å². The van der Waals surface area contributed by atoms with Crippen LogP contribution in [-0.4, -0.2) is 27.4 Å². The maximum Gasteiger partial charge on any atom is 0.240 e. The number of nitrogens with zero attached hydrogens (tertiary/aromatic N) is 1. The van der Waals surface area contributed by atoms with E-state index >= 15 is 0 Å². The van der Waals surface area contributed by atoms with Crippen LogP contribution in [0, 0.1) is 5.82 Å². The molecule has 1 amide bonds. The van der Waals surface area contributed by atoms with Gasteiger partial charge in [-0.1, -0.05) is 29.8 Å². The van der Waals surface area contributed by atoms with Crippen molar-refractivity contribution in [1.29, 1.82) is 0 Å². The predicted molar refractivity (Wildman–Crippen MR) is 91.1 cm³/mol. The zero-order valence-electron chi connectivity index (χ0n) is 12.9. The number of carbonyl (C=O) groups is 1. The molecule has 128 valence electrons. The average molecular weight is 371 g/mol. The van der Waals surface area contributed by atoms with Crippen LogP contribution in [0.5, 0.6) is 0 Å². The van der Waals surface area contributed by atoms with E-state index in [2.05, 4.69) is 4.72 Å². The molecule has 0 saturated heterocycles. The molecule has 2 aromatic rings. The minimum atomic E-state index is -3.65. The van der Waals surface area contributed by atoms with Gasteiger partial charge in [0, 0.05) is 25.7 Å². The highest BCUT2D eigenvalue weighted by Gasteiger charge is 2.16. The van der Waals surface area contributed by atoms with Gasteiger partial charge in [-0.25, -0.2) is 17.5 Å². The summed E-state index contributed by atoms with van der Waals surface area (Å²) in [4.78, 5) is 13.2. The Labute approximate surface area is 145 Å². The molecule has 8 heteroatoms. The Balaban J connectivity index is 2.07. The van der Waals surface area contributed by atoms with Crippen LogP contribution in [-0.2, 0) is 14.8 Å². The van der Waals surface area contributed by atoms with E-state index in [0.29, 0.717) is 5.69 Å². The standard InChI is InChI=1S/C16H16ClFN2O3S/c1-12(21)20(13-7-8-16(18)15(17)11-13)10-9-19-24(22,23)14-5-3-2-4-6-14/h2-8,11,19H,9-10H2,1H3. The van der Waals surface area contributed by atoms with Gasteiger partial charge in [0.1, 0.15) is 5.82 Å². The van der Waals surface area contributed by atoms with E-state index in [1.807, 2.05) is 0 Å². The van der Waals surface area contributed by atoms with Gasteiger partial charge >= 0.3 is 0 Å². The zero-order valence-corrected chi connectivity index (χ0v) is 14.4. The Morgan fingerprint density at radius 2 is 1.88 bits per heavy atom. The van der Waals surface area contributed by atoms with Gasteiger partial charge in [-0.2, -0.15) is 0 Å². The molecule has 0 atom stereocenters. The lowest BCUT2D eigenvalue weighted by Gasteiger charge is -2.21. The van der Waals surface area contributed by atoms with Crippen molar-refractivity contribution in [3.63, 3.8) is 0 Å². The summed E-state index contributed by atoms with van der Waals surface area (Å²) in [5, 5.41) is -0.108. The Morgan fingerprint density at radius 1 is 1.21 bits per heavy atom. The topological polar surface area (TPSA) is 66.5 Å². The Hall–Kier alpha value is -1.96. The van der Waals surface area contributed by atoms with Gasteiger partial charge in [0.2, 0.25) is 15.9 Å². The molecule has 0 aliphatic carbocycles. The average Bonchev–Trinajstić information content (AvgIpc) is 2.55. The number of hydrogen-bond donors (Lipinski definition) is 1. The first-order valence-corrected chi connectivity index (χ1v) is 8.95. The smallest absolute Gasteiger partial charge is 0.240 e. The van der Waals surface area contributed by atoms with Crippen LogP contribution in [0.25, 0.3) is 0 Å². The van der Waals surface area contributed by atoms with Crippen molar-refractivity contribution in [2.24, 2.45) is 0 Å². The van der Waals surface area contributed by atoms with Gasteiger partial charge in [-0.15, -0.1) is 0 Å². The molecule has 5 nitrogen and oxygen atoms in total. The molecule has 0 aromatic heterocycles. The van der Waals surface area contributed by atoms with Crippen molar-refractivity contribution in [3.05, 3.63) is 59.4 Å². The molecule has 0 aliphatic rings. The summed E-state index contributed by atoms with van der Waals surface area (Å²) < 4.78 is 39.9. The third kappa shape index (κ3) is 4.53. The summed E-state index contributed by atoms with van der Waals surface area (Å²) in [7, 11) is -3.65. The van der Waals surface area contributed by atoms with Crippen molar-refractivity contribution in [2.45, 2.75) is 11.8 Å². The molecule has 0 bridgehead atoms. The van der Waals surface area contributed by atoms with Gasteiger partial charge in [0.05, 0.1) is 9.92 Å². The molecule has 0 unspecified atom stereocenters. The second-order valence-corrected chi connectivity index (χ2v) is 7.15. The minimum Gasteiger partial charge on any atom is -0.311 e. The summed E-state index contributed by atoms with van der Waals surface area (Å²) in [6.45, 7) is 1.43. The van der Waals surface area contributed by atoms with Crippen LogP contribution in [0.3, 0.4) is 0 Å². The van der Waals surface area contributed by atoms with Crippen molar-refractivity contribution < 1.29 is 17.6 Å².